The number of nitrogens with one attached hydrogen (secondary N) is 3. The fourth-order valence-electron chi connectivity index (χ4n) is 2.92. The third-order valence-electron chi connectivity index (χ3n) is 4.14. The molecule has 0 saturated carbocycles. The van der Waals surface area contributed by atoms with Crippen molar-refractivity contribution in [1.29, 1.82) is 0 Å². The number of aromatic amines is 2. The zero-order chi connectivity index (χ0) is 18.8. The van der Waals surface area contributed by atoms with Crippen LogP contribution in [0.25, 0.3) is 21.8 Å². The summed E-state index contributed by atoms with van der Waals surface area (Å²) in [6, 6.07) is 17.7. The first kappa shape index (κ1) is 16.6. The van der Waals surface area contributed by atoms with E-state index in [1.165, 1.54) is 0 Å². The molecule has 0 aliphatic rings. The van der Waals surface area contributed by atoms with Gasteiger partial charge in [0.25, 0.3) is 5.91 Å². The SMILES string of the molecule is O=C(COC(=O)c1cccc2ccccc12)Nc1ccc2[nH]c(=O)[nH]c2c1. The molecule has 7 nitrogen and oxygen atoms in total. The molecule has 1 aromatic heterocycles. The lowest BCUT2D eigenvalue weighted by Gasteiger charge is -2.08. The van der Waals surface area contributed by atoms with Crippen molar-refractivity contribution in [1.82, 2.24) is 9.97 Å². The molecular formula is C20H15N3O4. The summed E-state index contributed by atoms with van der Waals surface area (Å²) in [4.78, 5) is 40.9. The molecule has 0 unspecified atom stereocenters. The van der Waals surface area contributed by atoms with Crippen molar-refractivity contribution in [2.24, 2.45) is 0 Å². The Kier molecular flexibility index (Phi) is 4.18. The summed E-state index contributed by atoms with van der Waals surface area (Å²) in [6.45, 7) is -0.413. The summed E-state index contributed by atoms with van der Waals surface area (Å²) in [5.74, 6) is -1.03. The topological polar surface area (TPSA) is 104 Å². The Hall–Kier alpha value is -3.87. The van der Waals surface area contributed by atoms with E-state index in [2.05, 4.69) is 15.3 Å². The number of aromatic nitrogens is 2. The van der Waals surface area contributed by atoms with E-state index in [-0.39, 0.29) is 5.69 Å². The molecule has 1 heterocycles. The molecule has 134 valence electrons. The van der Waals surface area contributed by atoms with Gasteiger partial charge in [-0.05, 0) is 35.0 Å². The second-order valence-corrected chi connectivity index (χ2v) is 5.99. The van der Waals surface area contributed by atoms with E-state index in [0.29, 0.717) is 22.3 Å². The maximum atomic E-state index is 12.3. The van der Waals surface area contributed by atoms with Crippen LogP contribution >= 0.6 is 0 Å². The standard InChI is InChI=1S/C20H15N3O4/c24-18(21-13-8-9-16-17(10-13)23-20(26)22-16)11-27-19(25)15-7-3-5-12-4-1-2-6-14(12)15/h1-10H,11H2,(H,21,24)(H2,22,23,26). The van der Waals surface area contributed by atoms with Gasteiger partial charge in [0.15, 0.2) is 6.61 Å². The minimum absolute atomic E-state index is 0.322. The van der Waals surface area contributed by atoms with Gasteiger partial charge in [0.05, 0.1) is 16.6 Å². The molecule has 0 aliphatic heterocycles. The van der Waals surface area contributed by atoms with Crippen LogP contribution in [0, 0.1) is 0 Å². The fourth-order valence-corrected chi connectivity index (χ4v) is 2.92. The number of rotatable bonds is 4. The number of ether oxygens (including phenoxy) is 1. The first-order valence-corrected chi connectivity index (χ1v) is 8.27. The van der Waals surface area contributed by atoms with E-state index in [0.717, 1.165) is 10.8 Å². The van der Waals surface area contributed by atoms with Crippen LogP contribution < -0.4 is 11.0 Å². The van der Waals surface area contributed by atoms with Crippen LogP contribution in [-0.4, -0.2) is 28.5 Å². The molecule has 0 fully saturated rings. The largest absolute Gasteiger partial charge is 0.452 e. The fraction of sp³-hybridized carbons (Fsp3) is 0.0500. The minimum atomic E-state index is -0.563. The Morgan fingerprint density at radius 1 is 0.926 bits per heavy atom. The Balaban J connectivity index is 1.43. The number of amides is 1. The average molecular weight is 361 g/mol. The molecule has 4 aromatic rings. The molecular weight excluding hydrogens is 346 g/mol. The van der Waals surface area contributed by atoms with Gasteiger partial charge < -0.3 is 20.0 Å². The second-order valence-electron chi connectivity index (χ2n) is 5.99. The van der Waals surface area contributed by atoms with E-state index in [4.69, 9.17) is 4.74 Å². The smallest absolute Gasteiger partial charge is 0.339 e. The number of hydrogen-bond donors (Lipinski definition) is 3. The molecule has 1 amide bonds. The molecule has 3 aromatic carbocycles. The summed E-state index contributed by atoms with van der Waals surface area (Å²) in [5.41, 5.74) is 1.79. The summed E-state index contributed by atoms with van der Waals surface area (Å²) in [5, 5.41) is 4.33. The van der Waals surface area contributed by atoms with Gasteiger partial charge in [-0.2, -0.15) is 0 Å². The predicted octanol–water partition coefficient (Wildman–Crippen LogP) is 2.80. The number of esters is 1. The molecule has 0 radical (unpaired) electrons. The number of carbonyl (C=O) groups excluding carboxylic acids is 2. The number of carbonyl (C=O) groups is 2. The highest BCUT2D eigenvalue weighted by atomic mass is 16.5. The van der Waals surface area contributed by atoms with Crippen molar-refractivity contribution in [3.05, 3.63) is 76.7 Å². The maximum absolute atomic E-state index is 12.3. The highest BCUT2D eigenvalue weighted by Crippen LogP contribution is 2.19. The van der Waals surface area contributed by atoms with Gasteiger partial charge in [0.2, 0.25) is 0 Å². The third-order valence-corrected chi connectivity index (χ3v) is 4.14. The van der Waals surface area contributed by atoms with Crippen LogP contribution in [0.4, 0.5) is 5.69 Å². The van der Waals surface area contributed by atoms with Crippen molar-refractivity contribution in [2.75, 3.05) is 11.9 Å². The second kappa shape index (κ2) is 6.80. The lowest BCUT2D eigenvalue weighted by atomic mass is 10.1. The van der Waals surface area contributed by atoms with Crippen molar-refractivity contribution in [2.45, 2.75) is 0 Å². The van der Waals surface area contributed by atoms with Crippen LogP contribution in [0.15, 0.2) is 65.5 Å². The van der Waals surface area contributed by atoms with E-state index in [1.54, 1.807) is 30.3 Å². The van der Waals surface area contributed by atoms with Gasteiger partial charge in [0.1, 0.15) is 0 Å². The van der Waals surface area contributed by atoms with Gasteiger partial charge in [-0.3, -0.25) is 4.79 Å². The Bertz CT molecular complexity index is 1220. The molecule has 27 heavy (non-hydrogen) atoms. The first-order chi connectivity index (χ1) is 13.1. The lowest BCUT2D eigenvalue weighted by Crippen LogP contribution is -2.21. The minimum Gasteiger partial charge on any atom is -0.452 e. The number of anilines is 1. The number of imidazole rings is 1. The first-order valence-electron chi connectivity index (χ1n) is 8.27. The number of benzene rings is 3. The average Bonchev–Trinajstić information content (AvgIpc) is 3.05. The van der Waals surface area contributed by atoms with Gasteiger partial charge in [-0.1, -0.05) is 36.4 Å². The molecule has 3 N–H and O–H groups in total. The molecule has 0 aliphatic carbocycles. The highest BCUT2D eigenvalue weighted by Gasteiger charge is 2.13. The summed E-state index contributed by atoms with van der Waals surface area (Å²) in [6.07, 6.45) is 0. The monoisotopic (exact) mass is 361 g/mol. The van der Waals surface area contributed by atoms with Crippen molar-refractivity contribution >= 4 is 39.4 Å². The Morgan fingerprint density at radius 2 is 1.70 bits per heavy atom. The van der Waals surface area contributed by atoms with Crippen LogP contribution in [0.3, 0.4) is 0 Å². The van der Waals surface area contributed by atoms with E-state index < -0.39 is 18.5 Å². The van der Waals surface area contributed by atoms with Crippen LogP contribution in [0.2, 0.25) is 0 Å². The van der Waals surface area contributed by atoms with Crippen molar-refractivity contribution in [3.63, 3.8) is 0 Å². The van der Waals surface area contributed by atoms with Gasteiger partial charge in [-0.25, -0.2) is 9.59 Å². The zero-order valence-corrected chi connectivity index (χ0v) is 14.1. The van der Waals surface area contributed by atoms with Crippen LogP contribution in [0.1, 0.15) is 10.4 Å². The predicted molar refractivity (Wildman–Crippen MR) is 102 cm³/mol. The Morgan fingerprint density at radius 3 is 2.59 bits per heavy atom. The summed E-state index contributed by atoms with van der Waals surface area (Å²) in [7, 11) is 0. The number of fused-ring (bicyclic) bond motifs is 2. The van der Waals surface area contributed by atoms with Gasteiger partial charge in [-0.15, -0.1) is 0 Å². The van der Waals surface area contributed by atoms with E-state index >= 15 is 0 Å². The van der Waals surface area contributed by atoms with E-state index in [1.807, 2.05) is 30.3 Å². The molecule has 4 rings (SSSR count). The molecule has 0 spiro atoms. The van der Waals surface area contributed by atoms with Gasteiger partial charge >= 0.3 is 11.7 Å². The van der Waals surface area contributed by atoms with Crippen LogP contribution in [-0.2, 0) is 9.53 Å². The van der Waals surface area contributed by atoms with Crippen LogP contribution in [0.5, 0.6) is 0 Å². The molecule has 0 atom stereocenters. The molecule has 0 saturated heterocycles. The zero-order valence-electron chi connectivity index (χ0n) is 14.1. The Labute approximate surface area is 153 Å². The van der Waals surface area contributed by atoms with Crippen molar-refractivity contribution < 1.29 is 14.3 Å². The maximum Gasteiger partial charge on any atom is 0.339 e. The highest BCUT2D eigenvalue weighted by molar-refractivity contribution is 6.05. The van der Waals surface area contributed by atoms with Crippen molar-refractivity contribution in [3.8, 4) is 0 Å². The lowest BCUT2D eigenvalue weighted by molar-refractivity contribution is -0.119. The molecule has 0 bridgehead atoms. The summed E-state index contributed by atoms with van der Waals surface area (Å²) < 4.78 is 5.15. The van der Waals surface area contributed by atoms with Gasteiger partial charge in [0, 0.05) is 5.69 Å². The quantitative estimate of drug-likeness (QED) is 0.486. The summed E-state index contributed by atoms with van der Waals surface area (Å²) >= 11 is 0. The number of H-pyrrole nitrogens is 2. The molecule has 7 heteroatoms. The third kappa shape index (κ3) is 3.43. The van der Waals surface area contributed by atoms with E-state index in [9.17, 15) is 14.4 Å². The normalized spacial score (nSPS) is 10.8. The number of hydrogen-bond acceptors (Lipinski definition) is 4.